The van der Waals surface area contributed by atoms with Crippen molar-refractivity contribution < 1.29 is 4.92 Å². The van der Waals surface area contributed by atoms with Gasteiger partial charge in [-0.3, -0.25) is 10.1 Å². The van der Waals surface area contributed by atoms with Gasteiger partial charge in [-0.15, -0.1) is 0 Å². The minimum atomic E-state index is -0.570. The first kappa shape index (κ1) is 15.3. The molecule has 21 heavy (non-hydrogen) atoms. The molecule has 2 aromatic rings. The molecular weight excluding hydrogens is 315 g/mol. The summed E-state index contributed by atoms with van der Waals surface area (Å²) in [5.74, 6) is 0.359. The number of pyridine rings is 1. The molecule has 6 nitrogen and oxygen atoms in total. The monoisotopic (exact) mass is 326 g/mol. The summed E-state index contributed by atoms with van der Waals surface area (Å²) in [6.07, 6.45) is 0.661. The summed E-state index contributed by atoms with van der Waals surface area (Å²) in [6.45, 7) is 0.561. The molecule has 3 N–H and O–H groups in total. The van der Waals surface area contributed by atoms with Crippen molar-refractivity contribution in [3.63, 3.8) is 0 Å². The molecule has 0 spiro atoms. The number of nitrogens with two attached hydrogens (primary N) is 1. The van der Waals surface area contributed by atoms with E-state index in [1.165, 1.54) is 12.1 Å². The molecule has 0 bridgehead atoms. The van der Waals surface area contributed by atoms with E-state index in [0.717, 1.165) is 5.56 Å². The Morgan fingerprint density at radius 1 is 1.29 bits per heavy atom. The largest absolute Gasteiger partial charge is 0.378 e. The van der Waals surface area contributed by atoms with Crippen LogP contribution >= 0.6 is 23.2 Å². The van der Waals surface area contributed by atoms with Crippen molar-refractivity contribution in [1.29, 1.82) is 0 Å². The lowest BCUT2D eigenvalue weighted by Crippen LogP contribution is -2.08. The molecule has 1 aromatic carbocycles. The molecule has 0 atom stereocenters. The number of rotatable bonds is 5. The topological polar surface area (TPSA) is 94.1 Å². The summed E-state index contributed by atoms with van der Waals surface area (Å²) >= 11 is 11.9. The van der Waals surface area contributed by atoms with Crippen molar-refractivity contribution in [1.82, 2.24) is 4.98 Å². The van der Waals surface area contributed by atoms with E-state index < -0.39 is 4.92 Å². The van der Waals surface area contributed by atoms with E-state index in [4.69, 9.17) is 28.9 Å². The number of nitrogen functional groups attached to an aromatic ring is 1. The van der Waals surface area contributed by atoms with Gasteiger partial charge in [0.25, 0.3) is 0 Å². The summed E-state index contributed by atoms with van der Waals surface area (Å²) in [7, 11) is 0. The lowest BCUT2D eigenvalue weighted by Gasteiger charge is -2.08. The van der Waals surface area contributed by atoms with Crippen LogP contribution in [0.2, 0.25) is 10.0 Å². The zero-order valence-corrected chi connectivity index (χ0v) is 12.4. The summed E-state index contributed by atoms with van der Waals surface area (Å²) in [4.78, 5) is 14.0. The molecule has 1 heterocycles. The SMILES string of the molecule is Nc1nc(NCCc2ccc(Cl)cc2Cl)ccc1[N+](=O)[O-]. The quantitative estimate of drug-likeness (QED) is 0.647. The Morgan fingerprint density at radius 3 is 2.67 bits per heavy atom. The van der Waals surface area contributed by atoms with E-state index in [1.54, 1.807) is 12.1 Å². The first-order valence-corrected chi connectivity index (χ1v) is 6.81. The van der Waals surface area contributed by atoms with Crippen molar-refractivity contribution in [2.75, 3.05) is 17.6 Å². The van der Waals surface area contributed by atoms with E-state index in [1.807, 2.05) is 6.07 Å². The smallest absolute Gasteiger partial charge is 0.311 e. The molecule has 0 amide bonds. The molecule has 2 rings (SSSR count). The molecule has 110 valence electrons. The van der Waals surface area contributed by atoms with Crippen LogP contribution in [-0.4, -0.2) is 16.5 Å². The predicted molar refractivity (Wildman–Crippen MR) is 84.0 cm³/mol. The van der Waals surface area contributed by atoms with Crippen LogP contribution in [0.25, 0.3) is 0 Å². The van der Waals surface area contributed by atoms with Gasteiger partial charge in [-0.1, -0.05) is 29.3 Å². The zero-order chi connectivity index (χ0) is 15.4. The average Bonchev–Trinajstić information content (AvgIpc) is 2.41. The number of hydrogen-bond acceptors (Lipinski definition) is 5. The van der Waals surface area contributed by atoms with Gasteiger partial charge in [0.15, 0.2) is 0 Å². The van der Waals surface area contributed by atoms with Gasteiger partial charge in [0.2, 0.25) is 5.82 Å². The van der Waals surface area contributed by atoms with Gasteiger partial charge in [0.05, 0.1) is 4.92 Å². The van der Waals surface area contributed by atoms with Gasteiger partial charge in [-0.05, 0) is 30.2 Å². The molecule has 1 aromatic heterocycles. The maximum Gasteiger partial charge on any atom is 0.311 e. The summed E-state index contributed by atoms with van der Waals surface area (Å²) in [6, 6.07) is 8.13. The van der Waals surface area contributed by atoms with Crippen molar-refractivity contribution in [2.24, 2.45) is 0 Å². The van der Waals surface area contributed by atoms with E-state index >= 15 is 0 Å². The van der Waals surface area contributed by atoms with Crippen LogP contribution in [0.1, 0.15) is 5.56 Å². The van der Waals surface area contributed by atoms with Crippen LogP contribution in [0, 0.1) is 10.1 Å². The lowest BCUT2D eigenvalue weighted by molar-refractivity contribution is -0.384. The lowest BCUT2D eigenvalue weighted by atomic mass is 10.1. The highest BCUT2D eigenvalue weighted by Gasteiger charge is 2.12. The summed E-state index contributed by atoms with van der Waals surface area (Å²) < 4.78 is 0. The fourth-order valence-electron chi connectivity index (χ4n) is 1.77. The molecule has 8 heteroatoms. The zero-order valence-electron chi connectivity index (χ0n) is 10.8. The third kappa shape index (κ3) is 3.96. The number of halogens is 2. The van der Waals surface area contributed by atoms with E-state index in [9.17, 15) is 10.1 Å². The van der Waals surface area contributed by atoms with Crippen molar-refractivity contribution >= 4 is 40.5 Å². The Labute approximate surface area is 131 Å². The Balaban J connectivity index is 1.97. The van der Waals surface area contributed by atoms with Gasteiger partial charge in [0.1, 0.15) is 5.82 Å². The van der Waals surface area contributed by atoms with Gasteiger partial charge in [0, 0.05) is 22.7 Å². The first-order valence-electron chi connectivity index (χ1n) is 6.06. The maximum absolute atomic E-state index is 10.6. The first-order chi connectivity index (χ1) is 9.97. The second kappa shape index (κ2) is 6.60. The van der Waals surface area contributed by atoms with E-state index in [2.05, 4.69) is 10.3 Å². The van der Waals surface area contributed by atoms with Gasteiger partial charge in [-0.25, -0.2) is 4.98 Å². The van der Waals surface area contributed by atoms with Crippen LogP contribution in [0.4, 0.5) is 17.3 Å². The number of nitro groups is 1. The van der Waals surface area contributed by atoms with Crippen molar-refractivity contribution in [3.05, 3.63) is 56.1 Å². The highest BCUT2D eigenvalue weighted by atomic mass is 35.5. The molecular formula is C13H12Cl2N4O2. The second-order valence-electron chi connectivity index (χ2n) is 4.27. The minimum Gasteiger partial charge on any atom is -0.378 e. The molecule has 0 aliphatic rings. The molecule has 0 saturated heterocycles. The minimum absolute atomic E-state index is 0.116. The van der Waals surface area contributed by atoms with Crippen LogP contribution in [-0.2, 0) is 6.42 Å². The van der Waals surface area contributed by atoms with E-state index in [0.29, 0.717) is 28.8 Å². The van der Waals surface area contributed by atoms with Gasteiger partial charge < -0.3 is 11.1 Å². The number of nitrogens with one attached hydrogen (secondary N) is 1. The maximum atomic E-state index is 10.6. The highest BCUT2D eigenvalue weighted by molar-refractivity contribution is 6.35. The van der Waals surface area contributed by atoms with Crippen LogP contribution in [0.5, 0.6) is 0 Å². The fourth-order valence-corrected chi connectivity index (χ4v) is 2.27. The van der Waals surface area contributed by atoms with Crippen LogP contribution in [0.3, 0.4) is 0 Å². The number of anilines is 2. The molecule has 0 fully saturated rings. The number of hydrogen-bond donors (Lipinski definition) is 2. The summed E-state index contributed by atoms with van der Waals surface area (Å²) in [5, 5.41) is 14.9. The third-order valence-corrected chi connectivity index (χ3v) is 3.40. The number of aromatic nitrogens is 1. The Hall–Kier alpha value is -2.05. The average molecular weight is 327 g/mol. The second-order valence-corrected chi connectivity index (χ2v) is 5.11. The highest BCUT2D eigenvalue weighted by Crippen LogP contribution is 2.22. The third-order valence-electron chi connectivity index (χ3n) is 2.81. The van der Waals surface area contributed by atoms with Gasteiger partial charge >= 0.3 is 5.69 Å². The number of nitrogens with zero attached hydrogens (tertiary/aromatic N) is 2. The van der Waals surface area contributed by atoms with Gasteiger partial charge in [-0.2, -0.15) is 0 Å². The van der Waals surface area contributed by atoms with E-state index in [-0.39, 0.29) is 11.5 Å². The Morgan fingerprint density at radius 2 is 2.05 bits per heavy atom. The number of benzene rings is 1. The normalized spacial score (nSPS) is 10.4. The Bertz CT molecular complexity index is 679. The predicted octanol–water partition coefficient (Wildman–Crippen LogP) is 3.53. The van der Waals surface area contributed by atoms with Crippen molar-refractivity contribution in [2.45, 2.75) is 6.42 Å². The standard InChI is InChI=1S/C13H12Cl2N4O2/c14-9-2-1-8(10(15)7-9)5-6-17-12-4-3-11(19(20)21)13(16)18-12/h1-4,7H,5-6H2,(H3,16,17,18). The molecule has 0 aliphatic heterocycles. The van der Waals surface area contributed by atoms with Crippen LogP contribution in [0.15, 0.2) is 30.3 Å². The van der Waals surface area contributed by atoms with Crippen molar-refractivity contribution in [3.8, 4) is 0 Å². The summed E-state index contributed by atoms with van der Waals surface area (Å²) in [5.41, 5.74) is 6.26. The van der Waals surface area contributed by atoms with Crippen LogP contribution < -0.4 is 11.1 Å². The molecule has 0 unspecified atom stereocenters. The molecule has 0 saturated carbocycles. The Kier molecular flexibility index (Phi) is 4.82. The molecule has 0 aliphatic carbocycles. The molecule has 0 radical (unpaired) electrons. The fraction of sp³-hybridized carbons (Fsp3) is 0.154.